The molecule has 6 heteroatoms. The largest absolute Gasteiger partial charge is 0.573 e. The van der Waals surface area contributed by atoms with Crippen LogP contribution in [-0.4, -0.2) is 18.4 Å². The van der Waals surface area contributed by atoms with Gasteiger partial charge in [-0.3, -0.25) is 4.98 Å². The first-order valence-electron chi connectivity index (χ1n) is 6.35. The maximum atomic E-state index is 12.5. The highest BCUT2D eigenvalue weighted by molar-refractivity contribution is 5.40. The fourth-order valence-electron chi connectivity index (χ4n) is 2.12. The van der Waals surface area contributed by atoms with Crippen molar-refractivity contribution in [2.24, 2.45) is 0 Å². The van der Waals surface area contributed by atoms with Gasteiger partial charge in [-0.25, -0.2) is 0 Å². The Morgan fingerprint density at radius 2 is 1.90 bits per heavy atom. The molecule has 0 bridgehead atoms. The van der Waals surface area contributed by atoms with Crippen LogP contribution in [0.1, 0.15) is 22.9 Å². The topological polar surface area (TPSA) is 34.2 Å². The van der Waals surface area contributed by atoms with Gasteiger partial charge in [0.25, 0.3) is 0 Å². The number of aromatic nitrogens is 1. The zero-order valence-electron chi connectivity index (χ0n) is 11.6. The SMILES string of the molecule is CNC(c1cc(C)ccn1)c1ccccc1OC(F)(F)F. The number of aryl methyl sites for hydroxylation is 1. The van der Waals surface area contributed by atoms with Crippen molar-refractivity contribution in [3.8, 4) is 5.75 Å². The molecule has 0 fully saturated rings. The molecule has 21 heavy (non-hydrogen) atoms. The van der Waals surface area contributed by atoms with Crippen LogP contribution in [0.15, 0.2) is 42.6 Å². The van der Waals surface area contributed by atoms with E-state index in [1.54, 1.807) is 25.4 Å². The van der Waals surface area contributed by atoms with Crippen molar-refractivity contribution < 1.29 is 17.9 Å². The summed E-state index contributed by atoms with van der Waals surface area (Å²) in [4.78, 5) is 4.23. The van der Waals surface area contributed by atoms with Crippen LogP contribution in [0.2, 0.25) is 0 Å². The minimum Gasteiger partial charge on any atom is -0.405 e. The predicted molar refractivity (Wildman–Crippen MR) is 73.0 cm³/mol. The maximum Gasteiger partial charge on any atom is 0.573 e. The molecule has 0 aliphatic heterocycles. The van der Waals surface area contributed by atoms with E-state index in [2.05, 4.69) is 15.0 Å². The highest BCUT2D eigenvalue weighted by Crippen LogP contribution is 2.32. The molecule has 112 valence electrons. The lowest BCUT2D eigenvalue weighted by atomic mass is 10.0. The van der Waals surface area contributed by atoms with Gasteiger partial charge in [0.15, 0.2) is 0 Å². The number of ether oxygens (including phenoxy) is 1. The number of nitrogens with zero attached hydrogens (tertiary/aromatic N) is 1. The Balaban J connectivity index is 2.43. The molecule has 1 heterocycles. The molecule has 1 N–H and O–H groups in total. The van der Waals surface area contributed by atoms with Gasteiger partial charge in [-0.05, 0) is 37.7 Å². The standard InChI is InChI=1S/C15H15F3N2O/c1-10-7-8-20-12(9-10)14(19-2)11-5-3-4-6-13(11)21-15(16,17)18/h3-9,14,19H,1-2H3. The molecule has 0 saturated carbocycles. The van der Waals surface area contributed by atoms with Crippen LogP contribution in [0.25, 0.3) is 0 Å². The molecule has 0 radical (unpaired) electrons. The number of rotatable bonds is 4. The third kappa shape index (κ3) is 3.95. The second-order valence-corrected chi connectivity index (χ2v) is 4.57. The summed E-state index contributed by atoms with van der Waals surface area (Å²) in [5, 5.41) is 2.98. The van der Waals surface area contributed by atoms with Crippen LogP contribution in [0.4, 0.5) is 13.2 Å². The third-order valence-corrected chi connectivity index (χ3v) is 2.98. The average molecular weight is 296 g/mol. The Hall–Kier alpha value is -2.08. The van der Waals surface area contributed by atoms with Gasteiger partial charge in [0.1, 0.15) is 5.75 Å². The number of halogens is 3. The molecular formula is C15H15F3N2O. The predicted octanol–water partition coefficient (Wildman–Crippen LogP) is 3.60. The van der Waals surface area contributed by atoms with Crippen LogP contribution in [0.3, 0.4) is 0 Å². The molecule has 0 amide bonds. The summed E-state index contributed by atoms with van der Waals surface area (Å²) in [5.41, 5.74) is 2.00. The minimum absolute atomic E-state index is 0.229. The van der Waals surface area contributed by atoms with Crippen molar-refractivity contribution in [3.63, 3.8) is 0 Å². The summed E-state index contributed by atoms with van der Waals surface area (Å²) >= 11 is 0. The first kappa shape index (κ1) is 15.3. The van der Waals surface area contributed by atoms with Crippen molar-refractivity contribution in [2.75, 3.05) is 7.05 Å². The third-order valence-electron chi connectivity index (χ3n) is 2.98. The normalized spacial score (nSPS) is 13.0. The second-order valence-electron chi connectivity index (χ2n) is 4.57. The average Bonchev–Trinajstić information content (AvgIpc) is 2.40. The molecule has 1 aromatic heterocycles. The molecule has 0 aliphatic carbocycles. The molecule has 0 spiro atoms. The number of nitrogens with one attached hydrogen (secondary N) is 1. The number of pyridine rings is 1. The van der Waals surface area contributed by atoms with Crippen molar-refractivity contribution in [1.29, 1.82) is 0 Å². The van der Waals surface area contributed by atoms with E-state index in [0.29, 0.717) is 11.3 Å². The van der Waals surface area contributed by atoms with Crippen LogP contribution in [-0.2, 0) is 0 Å². The quantitative estimate of drug-likeness (QED) is 0.936. The van der Waals surface area contributed by atoms with Crippen LogP contribution in [0, 0.1) is 6.92 Å². The minimum atomic E-state index is -4.73. The van der Waals surface area contributed by atoms with Crippen LogP contribution < -0.4 is 10.1 Å². The number of benzene rings is 1. The molecule has 3 nitrogen and oxygen atoms in total. The first-order valence-corrected chi connectivity index (χ1v) is 6.35. The zero-order valence-corrected chi connectivity index (χ0v) is 11.6. The van der Waals surface area contributed by atoms with E-state index in [1.807, 2.05) is 19.1 Å². The summed E-state index contributed by atoms with van der Waals surface area (Å²) in [6.45, 7) is 1.90. The Bertz CT molecular complexity index is 614. The van der Waals surface area contributed by atoms with Gasteiger partial charge >= 0.3 is 6.36 Å². The summed E-state index contributed by atoms with van der Waals surface area (Å²) in [7, 11) is 1.67. The number of hydrogen-bond donors (Lipinski definition) is 1. The molecular weight excluding hydrogens is 281 g/mol. The van der Waals surface area contributed by atoms with Gasteiger partial charge in [-0.1, -0.05) is 18.2 Å². The number of para-hydroxylation sites is 1. The van der Waals surface area contributed by atoms with Crippen molar-refractivity contribution in [2.45, 2.75) is 19.3 Å². The van der Waals surface area contributed by atoms with Gasteiger partial charge in [0, 0.05) is 11.8 Å². The lowest BCUT2D eigenvalue weighted by molar-refractivity contribution is -0.275. The summed E-state index contributed by atoms with van der Waals surface area (Å²) in [6, 6.07) is 9.22. The molecule has 2 rings (SSSR count). The van der Waals surface area contributed by atoms with E-state index in [1.165, 1.54) is 12.1 Å². The Kier molecular flexibility index (Phi) is 4.47. The zero-order chi connectivity index (χ0) is 15.5. The number of hydrogen-bond acceptors (Lipinski definition) is 3. The molecule has 1 atom stereocenters. The molecule has 2 aromatic rings. The Labute approximate surface area is 120 Å². The van der Waals surface area contributed by atoms with Crippen LogP contribution in [0.5, 0.6) is 5.75 Å². The fourth-order valence-corrected chi connectivity index (χ4v) is 2.12. The first-order chi connectivity index (χ1) is 9.90. The van der Waals surface area contributed by atoms with Crippen molar-refractivity contribution in [3.05, 3.63) is 59.4 Å². The summed E-state index contributed by atoms with van der Waals surface area (Å²) < 4.78 is 41.6. The van der Waals surface area contributed by atoms with Gasteiger partial charge in [0.2, 0.25) is 0 Å². The maximum absolute atomic E-state index is 12.5. The van der Waals surface area contributed by atoms with Gasteiger partial charge in [-0.15, -0.1) is 13.2 Å². The van der Waals surface area contributed by atoms with Crippen molar-refractivity contribution in [1.82, 2.24) is 10.3 Å². The summed E-state index contributed by atoms with van der Waals surface area (Å²) in [5.74, 6) is -0.229. The van der Waals surface area contributed by atoms with E-state index in [9.17, 15) is 13.2 Å². The fraction of sp³-hybridized carbons (Fsp3) is 0.267. The van der Waals surface area contributed by atoms with Crippen molar-refractivity contribution >= 4 is 0 Å². The highest BCUT2D eigenvalue weighted by Gasteiger charge is 2.33. The van der Waals surface area contributed by atoms with E-state index < -0.39 is 12.4 Å². The van der Waals surface area contributed by atoms with Gasteiger partial charge in [0.05, 0.1) is 11.7 Å². The monoisotopic (exact) mass is 296 g/mol. The smallest absolute Gasteiger partial charge is 0.405 e. The van der Waals surface area contributed by atoms with E-state index in [4.69, 9.17) is 0 Å². The highest BCUT2D eigenvalue weighted by atomic mass is 19.4. The summed E-state index contributed by atoms with van der Waals surface area (Å²) in [6.07, 6.45) is -3.10. The lowest BCUT2D eigenvalue weighted by Gasteiger charge is -2.20. The van der Waals surface area contributed by atoms with E-state index in [-0.39, 0.29) is 5.75 Å². The van der Waals surface area contributed by atoms with Gasteiger partial charge < -0.3 is 10.1 Å². The number of alkyl halides is 3. The van der Waals surface area contributed by atoms with Gasteiger partial charge in [-0.2, -0.15) is 0 Å². The molecule has 0 aliphatic rings. The van der Waals surface area contributed by atoms with E-state index in [0.717, 1.165) is 5.56 Å². The second kappa shape index (κ2) is 6.13. The Morgan fingerprint density at radius 3 is 2.52 bits per heavy atom. The molecule has 0 saturated heterocycles. The molecule has 1 aromatic carbocycles. The Morgan fingerprint density at radius 1 is 1.19 bits per heavy atom. The van der Waals surface area contributed by atoms with Crippen LogP contribution >= 0.6 is 0 Å². The molecule has 1 unspecified atom stereocenters. The lowest BCUT2D eigenvalue weighted by Crippen LogP contribution is -2.23. The van der Waals surface area contributed by atoms with E-state index >= 15 is 0 Å².